The molecule has 4 aromatic rings. The van der Waals surface area contributed by atoms with Crippen LogP contribution in [0.4, 0.5) is 0 Å². The number of hydrogen-bond acceptors (Lipinski definition) is 2. The lowest BCUT2D eigenvalue weighted by Gasteiger charge is -2.23. The van der Waals surface area contributed by atoms with Crippen molar-refractivity contribution in [3.63, 3.8) is 0 Å². The average molecular weight is 344 g/mol. The molecule has 1 unspecified atom stereocenters. The molecule has 0 saturated carbocycles. The predicted octanol–water partition coefficient (Wildman–Crippen LogP) is 4.16. The molecule has 4 rings (SSSR count). The molecule has 0 bridgehead atoms. The number of aromatic nitrogens is 3. The Bertz CT molecular complexity index is 1050. The van der Waals surface area contributed by atoms with E-state index in [1.807, 2.05) is 91.3 Å². The first-order valence-electron chi connectivity index (χ1n) is 8.59. The summed E-state index contributed by atoms with van der Waals surface area (Å²) in [6.45, 7) is 2.00. The van der Waals surface area contributed by atoms with E-state index in [9.17, 15) is 4.79 Å². The van der Waals surface area contributed by atoms with Crippen LogP contribution >= 0.6 is 0 Å². The van der Waals surface area contributed by atoms with Gasteiger partial charge in [-0.2, -0.15) is 5.10 Å². The summed E-state index contributed by atoms with van der Waals surface area (Å²) in [5.41, 5.74) is 4.48. The predicted molar refractivity (Wildman–Crippen MR) is 102 cm³/mol. The van der Waals surface area contributed by atoms with Crippen molar-refractivity contribution >= 4 is 11.4 Å². The van der Waals surface area contributed by atoms with Crippen LogP contribution in [0.5, 0.6) is 0 Å². The van der Waals surface area contributed by atoms with Gasteiger partial charge in [0.2, 0.25) is 0 Å². The van der Waals surface area contributed by atoms with Crippen LogP contribution in [0.2, 0.25) is 0 Å². The van der Waals surface area contributed by atoms with E-state index in [0.29, 0.717) is 5.69 Å². The van der Waals surface area contributed by atoms with Gasteiger partial charge in [-0.05, 0) is 37.3 Å². The van der Waals surface area contributed by atoms with Crippen molar-refractivity contribution in [2.75, 3.05) is 7.05 Å². The van der Waals surface area contributed by atoms with Crippen LogP contribution in [0.25, 0.3) is 16.8 Å². The molecule has 1 aromatic carbocycles. The summed E-state index contributed by atoms with van der Waals surface area (Å²) in [4.78, 5) is 14.7. The highest BCUT2D eigenvalue weighted by atomic mass is 16.2. The average Bonchev–Trinajstić information content (AvgIpc) is 3.34. The molecule has 130 valence electrons. The standard InChI is InChI=1S/C21H20N4O/c1-15(18-14-19(23-22-18)16-8-4-3-5-9-16)24(2)21(26)20-12-11-17-10-6-7-13-25(17)20/h3-15H,1-2H3,(H,22,23). The molecule has 5 nitrogen and oxygen atoms in total. The van der Waals surface area contributed by atoms with Crippen LogP contribution in [-0.4, -0.2) is 32.5 Å². The van der Waals surface area contributed by atoms with Crippen molar-refractivity contribution in [2.24, 2.45) is 0 Å². The van der Waals surface area contributed by atoms with Gasteiger partial charge in [0.15, 0.2) is 0 Å². The summed E-state index contributed by atoms with van der Waals surface area (Å²) in [7, 11) is 1.82. The fourth-order valence-corrected chi connectivity index (χ4v) is 3.10. The van der Waals surface area contributed by atoms with Crippen molar-refractivity contribution in [2.45, 2.75) is 13.0 Å². The quantitative estimate of drug-likeness (QED) is 0.604. The summed E-state index contributed by atoms with van der Waals surface area (Å²) in [6, 6.07) is 21.6. The van der Waals surface area contributed by atoms with E-state index in [0.717, 1.165) is 22.5 Å². The number of carbonyl (C=O) groups is 1. The third kappa shape index (κ3) is 2.77. The van der Waals surface area contributed by atoms with Crippen molar-refractivity contribution in [1.82, 2.24) is 19.5 Å². The van der Waals surface area contributed by atoms with Crippen molar-refractivity contribution in [1.29, 1.82) is 0 Å². The van der Waals surface area contributed by atoms with Gasteiger partial charge in [0, 0.05) is 24.3 Å². The van der Waals surface area contributed by atoms with Crippen LogP contribution in [0.1, 0.15) is 29.1 Å². The molecule has 0 radical (unpaired) electrons. The third-order valence-corrected chi connectivity index (χ3v) is 4.80. The number of fused-ring (bicyclic) bond motifs is 1. The van der Waals surface area contributed by atoms with Gasteiger partial charge in [0.25, 0.3) is 5.91 Å². The van der Waals surface area contributed by atoms with Crippen molar-refractivity contribution in [3.05, 3.63) is 84.3 Å². The Morgan fingerprint density at radius 3 is 2.65 bits per heavy atom. The summed E-state index contributed by atoms with van der Waals surface area (Å²) in [5.74, 6) is -0.0282. The first kappa shape index (κ1) is 16.1. The van der Waals surface area contributed by atoms with Crippen LogP contribution in [0.3, 0.4) is 0 Å². The van der Waals surface area contributed by atoms with Gasteiger partial charge < -0.3 is 9.30 Å². The highest BCUT2D eigenvalue weighted by molar-refractivity contribution is 5.94. The van der Waals surface area contributed by atoms with E-state index >= 15 is 0 Å². The molecule has 0 saturated heterocycles. The first-order chi connectivity index (χ1) is 12.6. The molecule has 0 spiro atoms. The number of nitrogens with zero attached hydrogens (tertiary/aromatic N) is 3. The second-order valence-corrected chi connectivity index (χ2v) is 6.38. The molecule has 0 aliphatic carbocycles. The largest absolute Gasteiger partial charge is 0.332 e. The number of carbonyl (C=O) groups excluding carboxylic acids is 1. The molecule has 0 aliphatic rings. The Kier molecular flexibility index (Phi) is 4.05. The van der Waals surface area contributed by atoms with E-state index in [4.69, 9.17) is 0 Å². The number of benzene rings is 1. The molecule has 1 N–H and O–H groups in total. The third-order valence-electron chi connectivity index (χ3n) is 4.80. The summed E-state index contributed by atoms with van der Waals surface area (Å²) < 4.78 is 1.91. The highest BCUT2D eigenvalue weighted by Crippen LogP contribution is 2.24. The second-order valence-electron chi connectivity index (χ2n) is 6.38. The topological polar surface area (TPSA) is 53.4 Å². The Hall–Kier alpha value is -3.34. The zero-order chi connectivity index (χ0) is 18.1. The molecule has 5 heteroatoms. The molecular weight excluding hydrogens is 324 g/mol. The maximum absolute atomic E-state index is 13.0. The second kappa shape index (κ2) is 6.52. The minimum atomic E-state index is -0.123. The van der Waals surface area contributed by atoms with Gasteiger partial charge in [-0.3, -0.25) is 9.89 Å². The molecule has 0 fully saturated rings. The van der Waals surface area contributed by atoms with Crippen molar-refractivity contribution < 1.29 is 4.79 Å². The van der Waals surface area contributed by atoms with Gasteiger partial charge in [0.05, 0.1) is 17.4 Å². The number of hydrogen-bond donors (Lipinski definition) is 1. The monoisotopic (exact) mass is 344 g/mol. The maximum Gasteiger partial charge on any atom is 0.271 e. The molecule has 1 amide bonds. The lowest BCUT2D eigenvalue weighted by atomic mass is 10.1. The lowest BCUT2D eigenvalue weighted by Crippen LogP contribution is -2.30. The van der Waals surface area contributed by atoms with E-state index in [2.05, 4.69) is 10.2 Å². The minimum absolute atomic E-state index is 0.0282. The number of amides is 1. The van der Waals surface area contributed by atoms with Crippen LogP contribution in [-0.2, 0) is 0 Å². The zero-order valence-corrected chi connectivity index (χ0v) is 14.8. The van der Waals surface area contributed by atoms with Crippen LogP contribution in [0.15, 0.2) is 72.9 Å². The summed E-state index contributed by atoms with van der Waals surface area (Å²) in [5, 5.41) is 7.47. The number of nitrogens with one attached hydrogen (secondary N) is 1. The van der Waals surface area contributed by atoms with Gasteiger partial charge >= 0.3 is 0 Å². The Balaban J connectivity index is 1.59. The molecule has 26 heavy (non-hydrogen) atoms. The van der Waals surface area contributed by atoms with E-state index in [-0.39, 0.29) is 11.9 Å². The Morgan fingerprint density at radius 2 is 1.85 bits per heavy atom. The number of pyridine rings is 1. The molecule has 1 atom stereocenters. The van der Waals surface area contributed by atoms with E-state index in [1.54, 1.807) is 4.90 Å². The molecule has 0 aliphatic heterocycles. The van der Waals surface area contributed by atoms with Crippen LogP contribution in [0, 0.1) is 0 Å². The van der Waals surface area contributed by atoms with Gasteiger partial charge in [0.1, 0.15) is 5.69 Å². The number of rotatable bonds is 4. The zero-order valence-electron chi connectivity index (χ0n) is 14.8. The lowest BCUT2D eigenvalue weighted by molar-refractivity contribution is 0.0733. The van der Waals surface area contributed by atoms with Gasteiger partial charge in [-0.15, -0.1) is 0 Å². The highest BCUT2D eigenvalue weighted by Gasteiger charge is 2.22. The fraction of sp³-hybridized carbons (Fsp3) is 0.143. The van der Waals surface area contributed by atoms with Gasteiger partial charge in [-0.1, -0.05) is 36.4 Å². The molecule has 3 heterocycles. The minimum Gasteiger partial charge on any atom is -0.332 e. The molecular formula is C21H20N4O. The smallest absolute Gasteiger partial charge is 0.271 e. The normalized spacial score (nSPS) is 12.2. The number of H-pyrrole nitrogens is 1. The van der Waals surface area contributed by atoms with Crippen LogP contribution < -0.4 is 0 Å². The Labute approximate surface area is 151 Å². The maximum atomic E-state index is 13.0. The SMILES string of the molecule is CC(c1cc(-c2ccccc2)n[nH]1)N(C)C(=O)c1ccc2ccccn12. The van der Waals surface area contributed by atoms with E-state index in [1.165, 1.54) is 0 Å². The summed E-state index contributed by atoms with van der Waals surface area (Å²) >= 11 is 0. The van der Waals surface area contributed by atoms with E-state index < -0.39 is 0 Å². The molecule has 3 aromatic heterocycles. The summed E-state index contributed by atoms with van der Waals surface area (Å²) in [6.07, 6.45) is 1.91. The van der Waals surface area contributed by atoms with Gasteiger partial charge in [-0.25, -0.2) is 0 Å². The van der Waals surface area contributed by atoms with Crippen molar-refractivity contribution in [3.8, 4) is 11.3 Å². The first-order valence-corrected chi connectivity index (χ1v) is 8.59. The number of aromatic amines is 1. The fourth-order valence-electron chi connectivity index (χ4n) is 3.10. The Morgan fingerprint density at radius 1 is 1.08 bits per heavy atom.